The van der Waals surface area contributed by atoms with Crippen LogP contribution < -0.4 is 5.32 Å². The van der Waals surface area contributed by atoms with Crippen molar-refractivity contribution in [3.63, 3.8) is 0 Å². The summed E-state index contributed by atoms with van der Waals surface area (Å²) < 4.78 is 0. The van der Waals surface area contributed by atoms with E-state index < -0.39 is 0 Å². The molecule has 6 nitrogen and oxygen atoms in total. The molecule has 1 fully saturated rings. The molecule has 1 aliphatic rings. The van der Waals surface area contributed by atoms with E-state index in [0.29, 0.717) is 26.2 Å². The molecule has 30 heavy (non-hydrogen) atoms. The van der Waals surface area contributed by atoms with Gasteiger partial charge in [-0.3, -0.25) is 24.6 Å². The Kier molecular flexibility index (Phi) is 5.98. The number of nitrogens with one attached hydrogen (secondary N) is 1. The molecule has 0 radical (unpaired) electrons. The number of thiazole rings is 1. The molecule has 0 bridgehead atoms. The number of carbonyl (C=O) groups is 3. The highest BCUT2D eigenvalue weighted by Crippen LogP contribution is 2.34. The molecule has 0 saturated carbocycles. The molecule has 3 aromatic rings. The summed E-state index contributed by atoms with van der Waals surface area (Å²) in [5, 5.41) is 5.17. The zero-order chi connectivity index (χ0) is 21.1. The molecule has 1 saturated heterocycles. The van der Waals surface area contributed by atoms with Gasteiger partial charge in [0.05, 0.1) is 11.4 Å². The molecule has 0 unspecified atom stereocenters. The topological polar surface area (TPSA) is 79.4 Å². The highest BCUT2D eigenvalue weighted by atomic mass is 35.5. The van der Waals surface area contributed by atoms with Crippen molar-refractivity contribution >= 4 is 63.0 Å². The van der Waals surface area contributed by atoms with Crippen LogP contribution in [0.15, 0.2) is 65.0 Å². The van der Waals surface area contributed by atoms with Crippen molar-refractivity contribution in [1.29, 1.82) is 0 Å². The van der Waals surface area contributed by atoms with Crippen molar-refractivity contribution in [3.8, 4) is 0 Å². The summed E-state index contributed by atoms with van der Waals surface area (Å²) in [6, 6.07) is 13.9. The lowest BCUT2D eigenvalue weighted by molar-refractivity contribution is -0.123. The van der Waals surface area contributed by atoms with Crippen molar-refractivity contribution in [3.05, 3.63) is 86.7 Å². The van der Waals surface area contributed by atoms with Gasteiger partial charge in [-0.05, 0) is 47.2 Å². The molecule has 0 spiro atoms. The summed E-state index contributed by atoms with van der Waals surface area (Å²) in [6.45, 7) is 0.124. The number of benzene rings is 2. The summed E-state index contributed by atoms with van der Waals surface area (Å²) in [7, 11) is 0. The van der Waals surface area contributed by atoms with Gasteiger partial charge in [0.25, 0.3) is 17.1 Å². The quantitative estimate of drug-likeness (QED) is 0.529. The Morgan fingerprint density at radius 1 is 1.13 bits per heavy atom. The maximum Gasteiger partial charge on any atom is 0.293 e. The fourth-order valence-corrected chi connectivity index (χ4v) is 4.31. The summed E-state index contributed by atoms with van der Waals surface area (Å²) in [6.07, 6.45) is 3.24. The highest BCUT2D eigenvalue weighted by Gasteiger charge is 2.35. The molecule has 2 heterocycles. The number of anilines is 1. The standard InChI is InChI=1S/C21H14ClN3O3S2/c22-16-4-2-1-3-15(16)11-17-19(27)25(21(28)30-17)12-13-5-7-14(8-6-13)18(26)24-20-23-9-10-29-20/h1-11H,12H2,(H,23,24,26)/b17-11-. The minimum absolute atomic E-state index is 0.124. The number of rotatable bonds is 5. The maximum absolute atomic E-state index is 12.7. The van der Waals surface area contributed by atoms with Crippen molar-refractivity contribution in [2.24, 2.45) is 0 Å². The minimum atomic E-state index is -0.365. The molecule has 3 amide bonds. The Morgan fingerprint density at radius 2 is 1.90 bits per heavy atom. The van der Waals surface area contributed by atoms with Gasteiger partial charge in [-0.1, -0.05) is 41.9 Å². The van der Waals surface area contributed by atoms with Crippen LogP contribution in [0.5, 0.6) is 0 Å². The molecule has 2 aromatic carbocycles. The first-order valence-corrected chi connectivity index (χ1v) is 10.9. The second-order valence-electron chi connectivity index (χ2n) is 6.28. The molecule has 9 heteroatoms. The second kappa shape index (κ2) is 8.83. The lowest BCUT2D eigenvalue weighted by atomic mass is 10.1. The number of hydrogen-bond donors (Lipinski definition) is 1. The molecule has 1 aromatic heterocycles. The number of nitrogens with zero attached hydrogens (tertiary/aromatic N) is 2. The van der Waals surface area contributed by atoms with E-state index in [2.05, 4.69) is 10.3 Å². The number of thioether (sulfide) groups is 1. The van der Waals surface area contributed by atoms with Crippen molar-refractivity contribution in [2.45, 2.75) is 6.54 Å². The largest absolute Gasteiger partial charge is 0.298 e. The van der Waals surface area contributed by atoms with Gasteiger partial charge < -0.3 is 0 Å². The Labute approximate surface area is 185 Å². The van der Waals surface area contributed by atoms with Crippen LogP contribution in [0.3, 0.4) is 0 Å². The average molecular weight is 456 g/mol. The molecular weight excluding hydrogens is 442 g/mol. The van der Waals surface area contributed by atoms with Crippen LogP contribution in [0.25, 0.3) is 6.08 Å². The zero-order valence-corrected chi connectivity index (χ0v) is 17.8. The summed E-state index contributed by atoms with van der Waals surface area (Å²) in [5.41, 5.74) is 1.88. The first-order chi connectivity index (χ1) is 14.5. The van der Waals surface area contributed by atoms with Crippen LogP contribution >= 0.6 is 34.7 Å². The highest BCUT2D eigenvalue weighted by molar-refractivity contribution is 8.18. The minimum Gasteiger partial charge on any atom is -0.298 e. The number of imide groups is 1. The van der Waals surface area contributed by atoms with Crippen LogP contribution in [-0.2, 0) is 11.3 Å². The predicted molar refractivity (Wildman–Crippen MR) is 119 cm³/mol. The third kappa shape index (κ3) is 4.46. The van der Waals surface area contributed by atoms with Gasteiger partial charge in [0, 0.05) is 22.2 Å². The normalized spacial score (nSPS) is 15.1. The van der Waals surface area contributed by atoms with Gasteiger partial charge in [-0.2, -0.15) is 0 Å². The van der Waals surface area contributed by atoms with Crippen LogP contribution in [0.1, 0.15) is 21.5 Å². The first kappa shape index (κ1) is 20.3. The van der Waals surface area contributed by atoms with Gasteiger partial charge in [-0.15, -0.1) is 11.3 Å². The van der Waals surface area contributed by atoms with E-state index in [1.807, 2.05) is 6.07 Å². The second-order valence-corrected chi connectivity index (χ2v) is 8.57. The Bertz CT molecular complexity index is 1140. The van der Waals surface area contributed by atoms with Crippen molar-refractivity contribution in [2.75, 3.05) is 5.32 Å². The Hall–Kier alpha value is -2.94. The van der Waals surface area contributed by atoms with Crippen molar-refractivity contribution < 1.29 is 14.4 Å². The summed E-state index contributed by atoms with van der Waals surface area (Å²) in [4.78, 5) is 42.8. The number of aromatic nitrogens is 1. The van der Waals surface area contributed by atoms with E-state index in [0.717, 1.165) is 17.3 Å². The molecule has 0 atom stereocenters. The Morgan fingerprint density at radius 3 is 2.60 bits per heavy atom. The van der Waals surface area contributed by atoms with E-state index in [1.54, 1.807) is 60.1 Å². The van der Waals surface area contributed by atoms with Crippen LogP contribution in [0.4, 0.5) is 9.93 Å². The molecule has 150 valence electrons. The first-order valence-electron chi connectivity index (χ1n) is 8.81. The SMILES string of the molecule is O=C(Nc1nccs1)c1ccc(CN2C(=O)S/C(=C\c3ccccc3Cl)C2=O)cc1. The lowest BCUT2D eigenvalue weighted by Gasteiger charge is -2.12. The summed E-state index contributed by atoms with van der Waals surface area (Å²) in [5.74, 6) is -0.638. The van der Waals surface area contributed by atoms with Crippen molar-refractivity contribution in [1.82, 2.24) is 9.88 Å². The third-order valence-electron chi connectivity index (χ3n) is 4.28. The van der Waals surface area contributed by atoms with E-state index in [1.165, 1.54) is 16.2 Å². The van der Waals surface area contributed by atoms with E-state index in [-0.39, 0.29) is 23.6 Å². The van der Waals surface area contributed by atoms with Crippen LogP contribution in [0.2, 0.25) is 5.02 Å². The smallest absolute Gasteiger partial charge is 0.293 e. The molecular formula is C21H14ClN3O3S2. The van der Waals surface area contributed by atoms with E-state index >= 15 is 0 Å². The van der Waals surface area contributed by atoms with Gasteiger partial charge in [0.1, 0.15) is 0 Å². The fourth-order valence-electron chi connectivity index (χ4n) is 2.77. The summed E-state index contributed by atoms with van der Waals surface area (Å²) >= 11 is 8.35. The number of amides is 3. The fraction of sp³-hybridized carbons (Fsp3) is 0.0476. The number of halogens is 1. The van der Waals surface area contributed by atoms with Crippen LogP contribution in [-0.4, -0.2) is 26.9 Å². The van der Waals surface area contributed by atoms with E-state index in [9.17, 15) is 14.4 Å². The third-order valence-corrected chi connectivity index (χ3v) is 6.22. The zero-order valence-electron chi connectivity index (χ0n) is 15.4. The molecule has 4 rings (SSSR count). The predicted octanol–water partition coefficient (Wildman–Crippen LogP) is 5.29. The number of carbonyl (C=O) groups excluding carboxylic acids is 3. The average Bonchev–Trinajstić information content (AvgIpc) is 3.34. The van der Waals surface area contributed by atoms with Crippen LogP contribution in [0, 0.1) is 0 Å². The molecule has 0 aliphatic carbocycles. The molecule has 1 aliphatic heterocycles. The number of hydrogen-bond acceptors (Lipinski definition) is 6. The van der Waals surface area contributed by atoms with Gasteiger partial charge >= 0.3 is 0 Å². The van der Waals surface area contributed by atoms with E-state index in [4.69, 9.17) is 11.6 Å². The lowest BCUT2D eigenvalue weighted by Crippen LogP contribution is -2.27. The molecule has 1 N–H and O–H groups in total. The Balaban J connectivity index is 1.45. The van der Waals surface area contributed by atoms with Gasteiger partial charge in [-0.25, -0.2) is 4.98 Å². The van der Waals surface area contributed by atoms with Gasteiger partial charge in [0.15, 0.2) is 5.13 Å². The maximum atomic E-state index is 12.7. The monoisotopic (exact) mass is 455 g/mol. The van der Waals surface area contributed by atoms with Gasteiger partial charge in [0.2, 0.25) is 0 Å².